The molecule has 5 heteroatoms. The van der Waals surface area contributed by atoms with Crippen LogP contribution in [0, 0.1) is 6.92 Å². The monoisotopic (exact) mass is 418 g/mol. The van der Waals surface area contributed by atoms with Gasteiger partial charge in [-0.25, -0.2) is 0 Å². The first-order chi connectivity index (χ1) is 9.73. The van der Waals surface area contributed by atoms with Gasteiger partial charge < -0.3 is 15.5 Å². The number of nitrogens with one attached hydrogen (secondary N) is 2. The molecule has 1 rings (SSSR count). The van der Waals surface area contributed by atoms with Crippen LogP contribution in [0.3, 0.4) is 0 Å². The second kappa shape index (κ2) is 9.35. The van der Waals surface area contributed by atoms with E-state index in [2.05, 4.69) is 86.6 Å². The zero-order valence-corrected chi connectivity index (χ0v) is 17.2. The highest BCUT2D eigenvalue weighted by atomic mass is 127. The van der Waals surface area contributed by atoms with Crippen LogP contribution in [-0.2, 0) is 0 Å². The fourth-order valence-electron chi connectivity index (χ4n) is 2.11. The lowest BCUT2D eigenvalue weighted by molar-refractivity contribution is 0.297. The molecule has 0 fully saturated rings. The van der Waals surface area contributed by atoms with Crippen molar-refractivity contribution in [1.82, 2.24) is 15.5 Å². The van der Waals surface area contributed by atoms with Gasteiger partial charge in [-0.2, -0.15) is 0 Å². The van der Waals surface area contributed by atoms with Crippen LogP contribution in [0.2, 0.25) is 0 Å². The molecule has 0 bridgehead atoms. The Balaban J connectivity index is 0.00000441. The van der Waals surface area contributed by atoms with Gasteiger partial charge in [-0.15, -0.1) is 24.0 Å². The van der Waals surface area contributed by atoms with Crippen molar-refractivity contribution in [1.29, 1.82) is 0 Å². The molecule has 0 amide bonds. The van der Waals surface area contributed by atoms with Gasteiger partial charge in [-0.1, -0.05) is 29.8 Å². The Bertz CT molecular complexity index is 461. The second-order valence-electron chi connectivity index (χ2n) is 6.72. The summed E-state index contributed by atoms with van der Waals surface area (Å²) in [7, 11) is 6.01. The second-order valence-corrected chi connectivity index (χ2v) is 6.72. The lowest BCUT2D eigenvalue weighted by Crippen LogP contribution is -2.49. The molecule has 1 unspecified atom stereocenters. The summed E-state index contributed by atoms with van der Waals surface area (Å²) in [5, 5.41) is 6.80. The Hall–Kier alpha value is -0.820. The first kappa shape index (κ1) is 21.2. The van der Waals surface area contributed by atoms with Crippen LogP contribution < -0.4 is 10.6 Å². The lowest BCUT2D eigenvalue weighted by Gasteiger charge is -2.28. The third kappa shape index (κ3) is 7.45. The molecule has 2 N–H and O–H groups in total. The molecule has 0 aliphatic rings. The summed E-state index contributed by atoms with van der Waals surface area (Å²) < 4.78 is 0. The van der Waals surface area contributed by atoms with Crippen molar-refractivity contribution in [2.45, 2.75) is 39.3 Å². The van der Waals surface area contributed by atoms with E-state index >= 15 is 0 Å². The normalized spacial score (nSPS) is 13.5. The standard InChI is InChI=1S/C17H30N4.HI/c1-13-8-10-14(11-9-13)15(21(6)7)12-19-16(18-5)20-17(2,3)4;/h8-11,15H,12H2,1-7H3,(H2,18,19,20);1H. The highest BCUT2D eigenvalue weighted by Crippen LogP contribution is 2.17. The summed E-state index contributed by atoms with van der Waals surface area (Å²) >= 11 is 0. The third-order valence-electron chi connectivity index (χ3n) is 3.27. The number of guanidine groups is 1. The van der Waals surface area contributed by atoms with Crippen molar-refractivity contribution in [3.8, 4) is 0 Å². The molecule has 22 heavy (non-hydrogen) atoms. The number of halogens is 1. The predicted octanol–water partition coefficient (Wildman–Crippen LogP) is 3.18. The van der Waals surface area contributed by atoms with E-state index in [1.165, 1.54) is 11.1 Å². The molecule has 0 aliphatic carbocycles. The van der Waals surface area contributed by atoms with Crippen LogP contribution in [0.1, 0.15) is 37.9 Å². The van der Waals surface area contributed by atoms with Gasteiger partial charge in [0.1, 0.15) is 0 Å². The molecule has 0 saturated carbocycles. The van der Waals surface area contributed by atoms with E-state index in [1.807, 2.05) is 0 Å². The van der Waals surface area contributed by atoms with E-state index in [4.69, 9.17) is 0 Å². The number of likely N-dealkylation sites (N-methyl/N-ethyl adjacent to an activating group) is 1. The van der Waals surface area contributed by atoms with Crippen LogP contribution in [0.4, 0.5) is 0 Å². The molecule has 1 atom stereocenters. The summed E-state index contributed by atoms with van der Waals surface area (Å²) in [6.45, 7) is 9.31. The molecular weight excluding hydrogens is 387 g/mol. The maximum atomic E-state index is 4.29. The average Bonchev–Trinajstić information content (AvgIpc) is 2.38. The molecule has 126 valence electrons. The van der Waals surface area contributed by atoms with E-state index in [1.54, 1.807) is 7.05 Å². The zero-order chi connectivity index (χ0) is 16.0. The van der Waals surface area contributed by atoms with Gasteiger partial charge in [-0.05, 0) is 47.4 Å². The third-order valence-corrected chi connectivity index (χ3v) is 3.27. The summed E-state index contributed by atoms with van der Waals surface area (Å²) in [5.41, 5.74) is 2.60. The highest BCUT2D eigenvalue weighted by molar-refractivity contribution is 14.0. The van der Waals surface area contributed by atoms with E-state index < -0.39 is 0 Å². The predicted molar refractivity (Wildman–Crippen MR) is 107 cm³/mol. The SMILES string of the molecule is CN=C(NCC(c1ccc(C)cc1)N(C)C)NC(C)(C)C.I. The van der Waals surface area contributed by atoms with Crippen molar-refractivity contribution < 1.29 is 0 Å². The Morgan fingerprint density at radius 1 is 1.18 bits per heavy atom. The number of aryl methyl sites for hydroxylation is 1. The number of benzene rings is 1. The van der Waals surface area contributed by atoms with Gasteiger partial charge in [-0.3, -0.25) is 4.99 Å². The minimum absolute atomic E-state index is 0. The lowest BCUT2D eigenvalue weighted by atomic mass is 10.0. The van der Waals surface area contributed by atoms with Gasteiger partial charge in [0, 0.05) is 19.1 Å². The van der Waals surface area contributed by atoms with Crippen molar-refractivity contribution in [3.05, 3.63) is 35.4 Å². The number of aliphatic imine (C=N–C) groups is 1. The van der Waals surface area contributed by atoms with E-state index in [9.17, 15) is 0 Å². The van der Waals surface area contributed by atoms with Gasteiger partial charge in [0.25, 0.3) is 0 Å². The van der Waals surface area contributed by atoms with Crippen LogP contribution in [0.25, 0.3) is 0 Å². The minimum atomic E-state index is -0.000679. The van der Waals surface area contributed by atoms with Gasteiger partial charge in [0.15, 0.2) is 5.96 Å². The molecule has 0 spiro atoms. The summed E-state index contributed by atoms with van der Waals surface area (Å²) in [4.78, 5) is 6.51. The van der Waals surface area contributed by atoms with Crippen molar-refractivity contribution >= 4 is 29.9 Å². The van der Waals surface area contributed by atoms with Crippen LogP contribution >= 0.6 is 24.0 Å². The van der Waals surface area contributed by atoms with Gasteiger partial charge in [0.05, 0.1) is 6.04 Å². The van der Waals surface area contributed by atoms with E-state index in [0.717, 1.165) is 12.5 Å². The van der Waals surface area contributed by atoms with Crippen LogP contribution in [0.5, 0.6) is 0 Å². The van der Waals surface area contributed by atoms with E-state index in [-0.39, 0.29) is 29.5 Å². The molecule has 0 radical (unpaired) electrons. The molecule has 1 aromatic rings. The maximum Gasteiger partial charge on any atom is 0.191 e. The Morgan fingerprint density at radius 2 is 1.73 bits per heavy atom. The van der Waals surface area contributed by atoms with Gasteiger partial charge in [0.2, 0.25) is 0 Å². The highest BCUT2D eigenvalue weighted by Gasteiger charge is 2.16. The molecule has 1 aromatic carbocycles. The number of hydrogen-bond donors (Lipinski definition) is 2. The van der Waals surface area contributed by atoms with E-state index in [0.29, 0.717) is 6.04 Å². The zero-order valence-electron chi connectivity index (χ0n) is 14.9. The van der Waals surface area contributed by atoms with Crippen LogP contribution in [-0.4, -0.2) is 44.1 Å². The summed E-state index contributed by atoms with van der Waals surface area (Å²) in [6, 6.07) is 9.02. The minimum Gasteiger partial charge on any atom is -0.354 e. The molecule has 0 heterocycles. The summed E-state index contributed by atoms with van der Waals surface area (Å²) in [5.74, 6) is 0.835. The maximum absolute atomic E-state index is 4.29. The van der Waals surface area contributed by atoms with Crippen molar-refractivity contribution in [2.75, 3.05) is 27.7 Å². The fourth-order valence-corrected chi connectivity index (χ4v) is 2.11. The topological polar surface area (TPSA) is 39.7 Å². The van der Waals surface area contributed by atoms with Crippen LogP contribution in [0.15, 0.2) is 29.3 Å². The number of rotatable bonds is 4. The largest absolute Gasteiger partial charge is 0.354 e. The smallest absolute Gasteiger partial charge is 0.191 e. The quantitative estimate of drug-likeness (QED) is 0.448. The average molecular weight is 418 g/mol. The molecule has 4 nitrogen and oxygen atoms in total. The Labute approximate surface area is 152 Å². The fraction of sp³-hybridized carbons (Fsp3) is 0.588. The molecule has 0 saturated heterocycles. The molecule has 0 aromatic heterocycles. The molecule has 0 aliphatic heterocycles. The molecular formula is C17H31IN4. The first-order valence-electron chi connectivity index (χ1n) is 7.45. The number of hydrogen-bond acceptors (Lipinski definition) is 2. The van der Waals surface area contributed by atoms with Crippen molar-refractivity contribution in [2.24, 2.45) is 4.99 Å². The Morgan fingerprint density at radius 3 is 2.14 bits per heavy atom. The van der Waals surface area contributed by atoms with Gasteiger partial charge >= 0.3 is 0 Å². The summed E-state index contributed by atoms with van der Waals surface area (Å²) in [6.07, 6.45) is 0. The Kier molecular flexibility index (Phi) is 9.00. The number of nitrogens with zero attached hydrogens (tertiary/aromatic N) is 2. The first-order valence-corrected chi connectivity index (χ1v) is 7.45. The van der Waals surface area contributed by atoms with Crippen molar-refractivity contribution in [3.63, 3.8) is 0 Å².